The molecule has 0 aromatic heterocycles. The summed E-state index contributed by atoms with van der Waals surface area (Å²) in [5.41, 5.74) is 5.99. The normalized spacial score (nSPS) is 15.2. The number of hydrogen-bond donors (Lipinski definition) is 1. The molecule has 3 nitrogen and oxygen atoms in total. The van der Waals surface area contributed by atoms with Gasteiger partial charge in [0.2, 0.25) is 0 Å². The summed E-state index contributed by atoms with van der Waals surface area (Å²) < 4.78 is 11.1. The largest absolute Gasteiger partial charge is 0.497 e. The number of rotatable bonds is 4. The third kappa shape index (κ3) is 3.93. The van der Waals surface area contributed by atoms with Crippen LogP contribution >= 0.6 is 0 Å². The van der Waals surface area contributed by atoms with Crippen LogP contribution in [0.3, 0.4) is 0 Å². The Morgan fingerprint density at radius 1 is 1.06 bits per heavy atom. The average Bonchev–Trinajstić information content (AvgIpc) is 2.24. The van der Waals surface area contributed by atoms with Gasteiger partial charge in [0, 0.05) is 11.5 Å². The van der Waals surface area contributed by atoms with Crippen LogP contribution in [-0.4, -0.2) is 19.3 Å². The molecule has 0 fully saturated rings. The first-order valence-electron chi connectivity index (χ1n) is 5.91. The third-order valence-electron chi connectivity index (χ3n) is 2.65. The quantitative estimate of drug-likeness (QED) is 0.875. The van der Waals surface area contributed by atoms with Crippen LogP contribution in [0.4, 0.5) is 0 Å². The summed E-state index contributed by atoms with van der Waals surface area (Å²) >= 11 is 0. The Balaban J connectivity index is 2.79. The summed E-state index contributed by atoms with van der Waals surface area (Å²) in [6, 6.07) is 7.56. The first kappa shape index (κ1) is 13.8. The molecule has 2 atom stereocenters. The fourth-order valence-corrected chi connectivity index (χ4v) is 1.87. The summed E-state index contributed by atoms with van der Waals surface area (Å²) in [5, 5.41) is 0. The zero-order chi connectivity index (χ0) is 13.1. The molecule has 0 saturated heterocycles. The molecule has 0 aliphatic heterocycles. The lowest BCUT2D eigenvalue weighted by Gasteiger charge is -2.34. The number of nitrogens with two attached hydrogens (primary N) is 1. The van der Waals surface area contributed by atoms with E-state index < -0.39 is 0 Å². The molecule has 2 N–H and O–H groups in total. The van der Waals surface area contributed by atoms with Gasteiger partial charge in [-0.15, -0.1) is 0 Å². The Labute approximate surface area is 104 Å². The maximum Gasteiger partial charge on any atom is 0.120 e. The van der Waals surface area contributed by atoms with Crippen molar-refractivity contribution < 1.29 is 9.47 Å². The van der Waals surface area contributed by atoms with Crippen molar-refractivity contribution in [1.29, 1.82) is 0 Å². The van der Waals surface area contributed by atoms with Crippen LogP contribution < -0.4 is 15.2 Å². The van der Waals surface area contributed by atoms with Crippen molar-refractivity contribution >= 4 is 0 Å². The van der Waals surface area contributed by atoms with Gasteiger partial charge in [-0.1, -0.05) is 20.8 Å². The van der Waals surface area contributed by atoms with Crippen molar-refractivity contribution in [2.45, 2.75) is 39.8 Å². The first-order valence-corrected chi connectivity index (χ1v) is 5.91. The van der Waals surface area contributed by atoms with Gasteiger partial charge in [-0.2, -0.15) is 0 Å². The minimum absolute atomic E-state index is 0.00803. The second-order valence-corrected chi connectivity index (χ2v) is 5.44. The molecule has 0 spiro atoms. The van der Waals surface area contributed by atoms with Gasteiger partial charge in [-0.3, -0.25) is 0 Å². The molecule has 1 aromatic rings. The van der Waals surface area contributed by atoms with Crippen molar-refractivity contribution in [3.8, 4) is 11.5 Å². The second-order valence-electron chi connectivity index (χ2n) is 5.44. The van der Waals surface area contributed by atoms with Crippen molar-refractivity contribution in [1.82, 2.24) is 0 Å². The average molecular weight is 237 g/mol. The molecular weight excluding hydrogens is 214 g/mol. The molecular formula is C14H23NO2. The Bertz CT molecular complexity index is 338. The maximum absolute atomic E-state index is 5.98. The van der Waals surface area contributed by atoms with Crippen LogP contribution in [-0.2, 0) is 0 Å². The smallest absolute Gasteiger partial charge is 0.120 e. The van der Waals surface area contributed by atoms with Gasteiger partial charge in [0.25, 0.3) is 0 Å². The van der Waals surface area contributed by atoms with Gasteiger partial charge >= 0.3 is 0 Å². The van der Waals surface area contributed by atoms with Crippen LogP contribution in [0.2, 0.25) is 0 Å². The summed E-state index contributed by atoms with van der Waals surface area (Å²) in [5.74, 6) is 1.65. The highest BCUT2D eigenvalue weighted by atomic mass is 16.5. The van der Waals surface area contributed by atoms with Crippen molar-refractivity contribution in [2.75, 3.05) is 7.11 Å². The van der Waals surface area contributed by atoms with Crippen LogP contribution in [0, 0.1) is 5.41 Å². The lowest BCUT2D eigenvalue weighted by molar-refractivity contribution is 0.0684. The third-order valence-corrected chi connectivity index (χ3v) is 2.65. The van der Waals surface area contributed by atoms with Gasteiger partial charge < -0.3 is 15.2 Å². The Kier molecular flexibility index (Phi) is 4.40. The van der Waals surface area contributed by atoms with Crippen molar-refractivity contribution in [3.63, 3.8) is 0 Å². The van der Waals surface area contributed by atoms with Gasteiger partial charge in [-0.05, 0) is 31.2 Å². The number of benzene rings is 1. The molecule has 0 bridgehead atoms. The summed E-state index contributed by atoms with van der Waals surface area (Å²) in [7, 11) is 1.65. The van der Waals surface area contributed by atoms with E-state index in [0.29, 0.717) is 0 Å². The molecule has 1 aromatic carbocycles. The highest BCUT2D eigenvalue weighted by Crippen LogP contribution is 2.27. The Morgan fingerprint density at radius 2 is 1.53 bits per heavy atom. The molecule has 0 saturated carbocycles. The van der Waals surface area contributed by atoms with Gasteiger partial charge in [0.1, 0.15) is 17.6 Å². The minimum Gasteiger partial charge on any atom is -0.497 e. The number of ether oxygens (including phenoxy) is 2. The summed E-state index contributed by atoms with van der Waals surface area (Å²) in [6.07, 6.45) is -0.0177. The van der Waals surface area contributed by atoms with Crippen molar-refractivity contribution in [2.24, 2.45) is 11.1 Å². The summed E-state index contributed by atoms with van der Waals surface area (Å²) in [4.78, 5) is 0. The molecule has 17 heavy (non-hydrogen) atoms. The molecule has 0 aliphatic carbocycles. The zero-order valence-corrected chi connectivity index (χ0v) is 11.4. The van der Waals surface area contributed by atoms with Crippen LogP contribution in [0.15, 0.2) is 24.3 Å². The molecule has 0 aliphatic rings. The molecule has 96 valence electrons. The van der Waals surface area contributed by atoms with E-state index in [9.17, 15) is 0 Å². The maximum atomic E-state index is 5.98. The van der Waals surface area contributed by atoms with Crippen LogP contribution in [0.1, 0.15) is 27.7 Å². The topological polar surface area (TPSA) is 44.5 Å². The predicted octanol–water partition coefficient (Wildman–Crippen LogP) is 2.84. The minimum atomic E-state index is -0.0177. The number of hydrogen-bond acceptors (Lipinski definition) is 3. The van der Waals surface area contributed by atoms with Gasteiger partial charge in [-0.25, -0.2) is 0 Å². The molecule has 2 unspecified atom stereocenters. The van der Waals surface area contributed by atoms with E-state index in [1.807, 2.05) is 31.2 Å². The molecule has 0 amide bonds. The Morgan fingerprint density at radius 3 is 1.88 bits per heavy atom. The monoisotopic (exact) mass is 237 g/mol. The van der Waals surface area contributed by atoms with E-state index in [0.717, 1.165) is 11.5 Å². The number of methoxy groups -OCH3 is 1. The summed E-state index contributed by atoms with van der Waals surface area (Å²) in [6.45, 7) is 8.36. The highest BCUT2D eigenvalue weighted by Gasteiger charge is 2.29. The fraction of sp³-hybridized carbons (Fsp3) is 0.571. The standard InChI is InChI=1S/C14H23NO2/c1-10(15)13(14(2,3)4)17-12-8-6-11(16-5)7-9-12/h6-10,13H,15H2,1-5H3. The lowest BCUT2D eigenvalue weighted by Crippen LogP contribution is -2.45. The lowest BCUT2D eigenvalue weighted by atomic mass is 9.85. The van der Waals surface area contributed by atoms with E-state index >= 15 is 0 Å². The Hall–Kier alpha value is -1.22. The molecule has 0 heterocycles. The van der Waals surface area contributed by atoms with E-state index in [1.165, 1.54) is 0 Å². The predicted molar refractivity (Wildman–Crippen MR) is 70.5 cm³/mol. The zero-order valence-electron chi connectivity index (χ0n) is 11.4. The molecule has 3 heteroatoms. The van der Waals surface area contributed by atoms with E-state index in [1.54, 1.807) is 7.11 Å². The van der Waals surface area contributed by atoms with E-state index in [4.69, 9.17) is 15.2 Å². The second kappa shape index (κ2) is 5.41. The highest BCUT2D eigenvalue weighted by molar-refractivity contribution is 5.31. The van der Waals surface area contributed by atoms with Crippen molar-refractivity contribution in [3.05, 3.63) is 24.3 Å². The molecule has 1 rings (SSSR count). The van der Waals surface area contributed by atoms with E-state index in [-0.39, 0.29) is 17.6 Å². The SMILES string of the molecule is COc1ccc(OC(C(C)N)C(C)(C)C)cc1. The first-order chi connectivity index (χ1) is 7.84. The fourth-order valence-electron chi connectivity index (χ4n) is 1.87. The molecule has 0 radical (unpaired) electrons. The van der Waals surface area contributed by atoms with Crippen LogP contribution in [0.5, 0.6) is 11.5 Å². The van der Waals surface area contributed by atoms with Crippen LogP contribution in [0.25, 0.3) is 0 Å². The van der Waals surface area contributed by atoms with E-state index in [2.05, 4.69) is 20.8 Å². The van der Waals surface area contributed by atoms with Gasteiger partial charge in [0.15, 0.2) is 0 Å². The van der Waals surface area contributed by atoms with Gasteiger partial charge in [0.05, 0.1) is 7.11 Å².